The predicted octanol–water partition coefficient (Wildman–Crippen LogP) is 4.93. The van der Waals surface area contributed by atoms with Crippen LogP contribution in [-0.2, 0) is 21.4 Å². The van der Waals surface area contributed by atoms with Crippen LogP contribution in [0, 0.1) is 6.92 Å². The van der Waals surface area contributed by atoms with Crippen molar-refractivity contribution in [3.8, 4) is 11.5 Å². The molecule has 4 aromatic rings. The van der Waals surface area contributed by atoms with Crippen LogP contribution in [0.5, 0.6) is 11.5 Å². The first kappa shape index (κ1) is 35.6. The quantitative estimate of drug-likeness (QED) is 0.121. The molecule has 0 saturated carbocycles. The molecule has 13 nitrogen and oxygen atoms in total. The summed E-state index contributed by atoms with van der Waals surface area (Å²) in [6.45, 7) is 2.16. The van der Waals surface area contributed by atoms with E-state index < -0.39 is 18.5 Å². The molecule has 0 spiro atoms. The van der Waals surface area contributed by atoms with E-state index in [9.17, 15) is 19.2 Å². The van der Waals surface area contributed by atoms with E-state index in [0.29, 0.717) is 33.4 Å². The van der Waals surface area contributed by atoms with E-state index in [4.69, 9.17) is 19.3 Å². The second kappa shape index (κ2) is 16.6. The molecule has 3 N–H and O–H groups in total. The van der Waals surface area contributed by atoms with Gasteiger partial charge in [-0.05, 0) is 73.5 Å². The van der Waals surface area contributed by atoms with Crippen LogP contribution >= 0.6 is 11.3 Å². The van der Waals surface area contributed by atoms with E-state index in [0.717, 1.165) is 53.6 Å². The van der Waals surface area contributed by atoms with Crippen LogP contribution in [0.15, 0.2) is 53.7 Å². The second-order valence-electron chi connectivity index (χ2n) is 10.9. The lowest BCUT2D eigenvalue weighted by molar-refractivity contribution is -0.120. The molecule has 0 aliphatic carbocycles. The number of rotatable bonds is 10. The van der Waals surface area contributed by atoms with Gasteiger partial charge < -0.3 is 39.4 Å². The van der Waals surface area contributed by atoms with Gasteiger partial charge in [-0.3, -0.25) is 19.4 Å². The van der Waals surface area contributed by atoms with Gasteiger partial charge >= 0.3 is 5.97 Å². The molecule has 2 aromatic heterocycles. The number of benzene rings is 2. The molecule has 3 heterocycles. The maximum atomic E-state index is 12.5. The summed E-state index contributed by atoms with van der Waals surface area (Å²) >= 11 is 1.32. The lowest BCUT2D eigenvalue weighted by Crippen LogP contribution is -2.39. The molecular formula is C34H39N5O8S. The first-order valence-corrected chi connectivity index (χ1v) is 15.9. The number of aliphatic hydroxyl groups is 1. The van der Waals surface area contributed by atoms with Gasteiger partial charge in [0, 0.05) is 42.5 Å². The number of aryl methyl sites for hydroxylation is 2. The summed E-state index contributed by atoms with van der Waals surface area (Å²) in [5.74, 6) is 0.0389. The topological polar surface area (TPSA) is 161 Å². The van der Waals surface area contributed by atoms with Crippen LogP contribution in [0.1, 0.15) is 45.0 Å². The molecule has 0 radical (unpaired) electrons. The fourth-order valence-electron chi connectivity index (χ4n) is 5.12. The first-order chi connectivity index (χ1) is 23.1. The zero-order valence-electron chi connectivity index (χ0n) is 27.4. The number of anilines is 2. The van der Waals surface area contributed by atoms with Crippen LogP contribution in [0.2, 0.25) is 0 Å². The monoisotopic (exact) mass is 677 g/mol. The Labute approximate surface area is 282 Å². The minimum atomic E-state index is -0.634. The highest BCUT2D eigenvalue weighted by molar-refractivity contribution is 7.20. The van der Waals surface area contributed by atoms with Gasteiger partial charge in [0.1, 0.15) is 17.2 Å². The van der Waals surface area contributed by atoms with Crippen LogP contribution in [0.3, 0.4) is 0 Å². The number of carbonyl (C=O) groups is 4. The van der Waals surface area contributed by atoms with Crippen molar-refractivity contribution in [2.75, 3.05) is 45.1 Å². The van der Waals surface area contributed by atoms with Crippen molar-refractivity contribution >= 4 is 68.9 Å². The Balaban J connectivity index is 0.000000224. The van der Waals surface area contributed by atoms with Gasteiger partial charge in [-0.15, -0.1) is 11.3 Å². The number of hydrogen-bond donors (Lipinski definition) is 3. The third-order valence-corrected chi connectivity index (χ3v) is 8.74. The fraction of sp³-hybridized carbons (Fsp3) is 0.324. The van der Waals surface area contributed by atoms with Gasteiger partial charge in [-0.25, -0.2) is 4.79 Å². The summed E-state index contributed by atoms with van der Waals surface area (Å²) in [4.78, 5) is 53.3. The average molecular weight is 678 g/mol. The molecule has 1 saturated heterocycles. The summed E-state index contributed by atoms with van der Waals surface area (Å²) in [6.07, 6.45) is 7.52. The Morgan fingerprint density at radius 1 is 1.02 bits per heavy atom. The number of amides is 3. The van der Waals surface area contributed by atoms with E-state index in [1.54, 1.807) is 50.2 Å². The number of aromatic nitrogens is 1. The Morgan fingerprint density at radius 3 is 2.46 bits per heavy atom. The summed E-state index contributed by atoms with van der Waals surface area (Å²) < 4.78 is 17.8. The highest BCUT2D eigenvalue weighted by atomic mass is 32.1. The van der Waals surface area contributed by atoms with Gasteiger partial charge in [0.2, 0.25) is 12.3 Å². The van der Waals surface area contributed by atoms with Crippen molar-refractivity contribution in [3.63, 3.8) is 0 Å². The Kier molecular flexibility index (Phi) is 12.3. The summed E-state index contributed by atoms with van der Waals surface area (Å²) in [5.41, 5.74) is 3.17. The Hall–Kier alpha value is -5.21. The zero-order valence-corrected chi connectivity index (χ0v) is 28.3. The predicted molar refractivity (Wildman–Crippen MR) is 185 cm³/mol. The van der Waals surface area contributed by atoms with Crippen molar-refractivity contribution in [3.05, 3.63) is 64.8 Å². The first-order valence-electron chi connectivity index (χ1n) is 15.1. The van der Waals surface area contributed by atoms with Crippen molar-refractivity contribution < 1.29 is 38.5 Å². The largest absolute Gasteiger partial charge is 0.493 e. The highest BCUT2D eigenvalue weighted by Crippen LogP contribution is 2.34. The lowest BCUT2D eigenvalue weighted by atomic mass is 10.0. The Morgan fingerprint density at radius 2 is 1.77 bits per heavy atom. The molecule has 2 aromatic carbocycles. The third kappa shape index (κ3) is 8.77. The number of hydrogen-bond acceptors (Lipinski definition) is 10. The molecule has 254 valence electrons. The van der Waals surface area contributed by atoms with Crippen LogP contribution < -0.4 is 20.1 Å². The molecule has 1 fully saturated rings. The Bertz CT molecular complexity index is 1810. The number of fused-ring (bicyclic) bond motifs is 1. The number of carbonyl (C=O) groups excluding carboxylic acids is 4. The molecule has 1 aliphatic heterocycles. The summed E-state index contributed by atoms with van der Waals surface area (Å²) in [7, 11) is 6.23. The van der Waals surface area contributed by atoms with Gasteiger partial charge in [0.15, 0.2) is 11.5 Å². The number of aliphatic hydroxyl groups excluding tert-OH is 1. The maximum absolute atomic E-state index is 12.5. The van der Waals surface area contributed by atoms with Crippen LogP contribution in [-0.4, -0.2) is 85.5 Å². The van der Waals surface area contributed by atoms with Gasteiger partial charge in [-0.2, -0.15) is 0 Å². The number of methoxy groups -OCH3 is 3. The molecule has 5 rings (SSSR count). The normalized spacial score (nSPS) is 14.2. The number of esters is 1. The summed E-state index contributed by atoms with van der Waals surface area (Å²) in [6, 6.07) is 12.4. The number of thiophene rings is 1. The van der Waals surface area contributed by atoms with Crippen LogP contribution in [0.25, 0.3) is 10.1 Å². The zero-order chi connectivity index (χ0) is 34.8. The minimum Gasteiger partial charge on any atom is -0.493 e. The molecule has 1 atom stereocenters. The molecule has 1 aliphatic rings. The number of piperidine rings is 1. The number of ether oxygens (including phenoxy) is 3. The van der Waals surface area contributed by atoms with Crippen molar-refractivity contribution in [1.82, 2.24) is 9.47 Å². The SMILES string of the molecule is COC(=O)c1cc2cc(NC(=O)c3cc(NC(=O)CO)cn3C)ccc2s1.COc1cc(C)c(N=CC2CCCCN2C=O)cc1OC. The fourth-order valence-corrected chi connectivity index (χ4v) is 6.08. The van der Waals surface area contributed by atoms with Gasteiger partial charge in [0.25, 0.3) is 5.91 Å². The average Bonchev–Trinajstić information content (AvgIpc) is 3.70. The molecule has 3 amide bonds. The van der Waals surface area contributed by atoms with Crippen molar-refractivity contribution in [1.29, 1.82) is 0 Å². The second-order valence-corrected chi connectivity index (χ2v) is 12.0. The maximum Gasteiger partial charge on any atom is 0.348 e. The number of nitrogens with one attached hydrogen (secondary N) is 2. The van der Waals surface area contributed by atoms with Gasteiger partial charge in [0.05, 0.1) is 38.7 Å². The third-order valence-electron chi connectivity index (χ3n) is 7.64. The number of nitrogens with zero attached hydrogens (tertiary/aromatic N) is 3. The highest BCUT2D eigenvalue weighted by Gasteiger charge is 2.19. The van der Waals surface area contributed by atoms with E-state index in [1.165, 1.54) is 24.5 Å². The minimum absolute atomic E-state index is 0.0868. The molecule has 1 unspecified atom stereocenters. The molecule has 0 bridgehead atoms. The van der Waals surface area contributed by atoms with E-state index in [-0.39, 0.29) is 11.9 Å². The number of likely N-dealkylation sites (tertiary alicyclic amines) is 1. The van der Waals surface area contributed by atoms with E-state index in [2.05, 4.69) is 15.6 Å². The van der Waals surface area contributed by atoms with Crippen molar-refractivity contribution in [2.45, 2.75) is 32.2 Å². The molecular weight excluding hydrogens is 638 g/mol. The van der Waals surface area contributed by atoms with E-state index in [1.807, 2.05) is 36.2 Å². The standard InChI is InChI=1S/C18H17N3O5S.C16H22N2O3/c1-21-8-12(19-16(23)9-22)7-13(21)17(24)20-11-3-4-14-10(5-11)6-15(27-14)18(25)26-2;1-12-8-15(20-2)16(21-3)9-14(12)17-10-13-6-4-5-7-18(13)11-19/h3-8,22H,9H2,1-2H3,(H,19,23)(H,20,24);8-11,13H,4-7H2,1-3H3. The van der Waals surface area contributed by atoms with Gasteiger partial charge in [-0.1, -0.05) is 0 Å². The number of aliphatic imine (C=N–C) groups is 1. The molecule has 14 heteroatoms. The van der Waals surface area contributed by atoms with Crippen molar-refractivity contribution in [2.24, 2.45) is 12.0 Å². The smallest absolute Gasteiger partial charge is 0.348 e. The lowest BCUT2D eigenvalue weighted by Gasteiger charge is -2.29. The molecule has 48 heavy (non-hydrogen) atoms. The van der Waals surface area contributed by atoms with Crippen LogP contribution in [0.4, 0.5) is 17.1 Å². The van der Waals surface area contributed by atoms with E-state index >= 15 is 0 Å². The summed E-state index contributed by atoms with van der Waals surface area (Å²) in [5, 5.41) is 14.9.